The molecule has 0 radical (unpaired) electrons. The molecule has 1 aromatic heterocycles. The van der Waals surface area contributed by atoms with Crippen molar-refractivity contribution in [3.63, 3.8) is 0 Å². The molecule has 1 N–H and O–H groups in total. The molecule has 1 heterocycles. The summed E-state index contributed by atoms with van der Waals surface area (Å²) in [4.78, 5) is 4.40. The van der Waals surface area contributed by atoms with Gasteiger partial charge in [0.25, 0.3) is 0 Å². The van der Waals surface area contributed by atoms with Gasteiger partial charge in [0, 0.05) is 5.56 Å². The van der Waals surface area contributed by atoms with E-state index in [9.17, 15) is 0 Å². The molecular formula is C17H23N3O. The molecule has 2 aromatic rings. The van der Waals surface area contributed by atoms with E-state index in [0.717, 1.165) is 24.9 Å². The molecule has 112 valence electrons. The molecule has 4 nitrogen and oxygen atoms in total. The molecule has 0 amide bonds. The average molecular weight is 285 g/mol. The topological polar surface area (TPSA) is 51.0 Å². The van der Waals surface area contributed by atoms with E-state index in [-0.39, 0.29) is 0 Å². The van der Waals surface area contributed by atoms with E-state index in [4.69, 9.17) is 4.52 Å². The van der Waals surface area contributed by atoms with E-state index in [1.807, 2.05) is 36.4 Å². The predicted octanol–water partition coefficient (Wildman–Crippen LogP) is 3.82. The van der Waals surface area contributed by atoms with Gasteiger partial charge in [-0.15, -0.1) is 6.58 Å². The lowest BCUT2D eigenvalue weighted by Crippen LogP contribution is -2.17. The van der Waals surface area contributed by atoms with Crippen LogP contribution in [0.4, 0.5) is 0 Å². The number of nitrogens with one attached hydrogen (secondary N) is 1. The zero-order chi connectivity index (χ0) is 14.9. The second kappa shape index (κ2) is 8.37. The molecule has 0 aliphatic heterocycles. The maximum Gasteiger partial charge on any atom is 0.240 e. The van der Waals surface area contributed by atoms with Crippen LogP contribution in [-0.4, -0.2) is 16.7 Å². The summed E-state index contributed by atoms with van der Waals surface area (Å²) in [6.07, 6.45) is 5.41. The first kappa shape index (κ1) is 15.4. The van der Waals surface area contributed by atoms with Gasteiger partial charge in [0.1, 0.15) is 0 Å². The molecule has 2 rings (SSSR count). The van der Waals surface area contributed by atoms with Gasteiger partial charge in [-0.05, 0) is 25.3 Å². The second-order valence-corrected chi connectivity index (χ2v) is 5.14. The largest absolute Gasteiger partial charge is 0.338 e. The lowest BCUT2D eigenvalue weighted by Gasteiger charge is -2.11. The Labute approximate surface area is 126 Å². The van der Waals surface area contributed by atoms with Crippen molar-refractivity contribution in [2.75, 3.05) is 6.54 Å². The van der Waals surface area contributed by atoms with Crippen LogP contribution < -0.4 is 5.32 Å². The Hall–Kier alpha value is -1.94. The van der Waals surface area contributed by atoms with Gasteiger partial charge in [0.05, 0.1) is 6.54 Å². The van der Waals surface area contributed by atoms with Crippen LogP contribution in [0, 0.1) is 5.92 Å². The highest BCUT2D eigenvalue weighted by Crippen LogP contribution is 2.15. The lowest BCUT2D eigenvalue weighted by molar-refractivity contribution is 0.362. The van der Waals surface area contributed by atoms with Crippen LogP contribution in [0.3, 0.4) is 0 Å². The van der Waals surface area contributed by atoms with Gasteiger partial charge < -0.3 is 9.84 Å². The zero-order valence-corrected chi connectivity index (χ0v) is 12.6. The summed E-state index contributed by atoms with van der Waals surface area (Å²) >= 11 is 0. The molecule has 0 bridgehead atoms. The first-order chi connectivity index (χ1) is 10.3. The minimum absolute atomic E-state index is 0.615. The van der Waals surface area contributed by atoms with Crippen molar-refractivity contribution < 1.29 is 4.52 Å². The van der Waals surface area contributed by atoms with Crippen LogP contribution in [0.5, 0.6) is 0 Å². The normalized spacial score (nSPS) is 12.2. The molecule has 1 atom stereocenters. The fourth-order valence-corrected chi connectivity index (χ4v) is 2.26. The van der Waals surface area contributed by atoms with Gasteiger partial charge in [-0.1, -0.05) is 54.9 Å². The first-order valence-electron chi connectivity index (χ1n) is 7.53. The zero-order valence-electron chi connectivity index (χ0n) is 12.6. The summed E-state index contributed by atoms with van der Waals surface area (Å²) in [5, 5.41) is 7.37. The number of aromatic nitrogens is 2. The van der Waals surface area contributed by atoms with E-state index in [1.165, 1.54) is 6.42 Å². The molecule has 0 saturated heterocycles. The molecule has 0 fully saturated rings. The standard InChI is InChI=1S/C17H23N3O/c1-3-8-14(4-2)11-12-18-13-16-19-17(20-21-16)15-9-6-5-7-10-15/h3,5-7,9-10,14,18H,1,4,8,11-13H2,2H3. The van der Waals surface area contributed by atoms with Crippen molar-refractivity contribution in [1.29, 1.82) is 0 Å². The maximum atomic E-state index is 5.26. The van der Waals surface area contributed by atoms with Gasteiger partial charge in [0.15, 0.2) is 0 Å². The van der Waals surface area contributed by atoms with Gasteiger partial charge >= 0.3 is 0 Å². The van der Waals surface area contributed by atoms with Gasteiger partial charge in [0.2, 0.25) is 11.7 Å². The Balaban J connectivity index is 1.77. The molecule has 0 saturated carbocycles. The summed E-state index contributed by atoms with van der Waals surface area (Å²) in [6, 6.07) is 9.86. The number of allylic oxidation sites excluding steroid dienone is 1. The molecule has 0 spiro atoms. The highest BCUT2D eigenvalue weighted by Gasteiger charge is 2.08. The smallest absolute Gasteiger partial charge is 0.240 e. The molecular weight excluding hydrogens is 262 g/mol. The Morgan fingerprint density at radius 1 is 1.33 bits per heavy atom. The number of rotatable bonds is 9. The number of nitrogens with zero attached hydrogens (tertiary/aromatic N) is 2. The lowest BCUT2D eigenvalue weighted by atomic mass is 9.99. The van der Waals surface area contributed by atoms with Crippen molar-refractivity contribution in [3.05, 3.63) is 48.9 Å². The molecule has 1 aromatic carbocycles. The minimum Gasteiger partial charge on any atom is -0.338 e. The first-order valence-corrected chi connectivity index (χ1v) is 7.53. The van der Waals surface area contributed by atoms with E-state index >= 15 is 0 Å². The molecule has 1 unspecified atom stereocenters. The van der Waals surface area contributed by atoms with Crippen molar-refractivity contribution in [3.8, 4) is 11.4 Å². The van der Waals surface area contributed by atoms with Crippen LogP contribution in [-0.2, 0) is 6.54 Å². The number of hydrogen-bond acceptors (Lipinski definition) is 4. The third kappa shape index (κ3) is 4.83. The van der Waals surface area contributed by atoms with E-state index in [0.29, 0.717) is 24.2 Å². The quantitative estimate of drug-likeness (QED) is 0.562. The van der Waals surface area contributed by atoms with E-state index < -0.39 is 0 Å². The van der Waals surface area contributed by atoms with Gasteiger partial charge in [-0.3, -0.25) is 0 Å². The summed E-state index contributed by atoms with van der Waals surface area (Å²) in [6.45, 7) is 7.59. The minimum atomic E-state index is 0.615. The van der Waals surface area contributed by atoms with Gasteiger partial charge in [-0.2, -0.15) is 4.98 Å². The molecule has 4 heteroatoms. The Bertz CT molecular complexity index is 536. The van der Waals surface area contributed by atoms with Crippen molar-refractivity contribution in [2.45, 2.75) is 32.7 Å². The fourth-order valence-electron chi connectivity index (χ4n) is 2.26. The van der Waals surface area contributed by atoms with E-state index in [1.54, 1.807) is 0 Å². The third-order valence-electron chi connectivity index (χ3n) is 3.58. The molecule has 0 aliphatic carbocycles. The fraction of sp³-hybridized carbons (Fsp3) is 0.412. The number of hydrogen-bond donors (Lipinski definition) is 1. The SMILES string of the molecule is C=CCC(CC)CCNCc1nc(-c2ccccc2)no1. The Morgan fingerprint density at radius 3 is 2.86 bits per heavy atom. The Kier molecular flexibility index (Phi) is 6.16. The average Bonchev–Trinajstić information content (AvgIpc) is 3.00. The predicted molar refractivity (Wildman–Crippen MR) is 84.7 cm³/mol. The van der Waals surface area contributed by atoms with Crippen molar-refractivity contribution in [1.82, 2.24) is 15.5 Å². The molecule has 21 heavy (non-hydrogen) atoms. The van der Waals surface area contributed by atoms with Crippen molar-refractivity contribution >= 4 is 0 Å². The van der Waals surface area contributed by atoms with Crippen LogP contribution in [0.15, 0.2) is 47.5 Å². The summed E-state index contributed by atoms with van der Waals surface area (Å²) in [5.74, 6) is 1.98. The monoisotopic (exact) mass is 285 g/mol. The molecule has 0 aliphatic rings. The number of benzene rings is 1. The van der Waals surface area contributed by atoms with Crippen LogP contribution >= 0.6 is 0 Å². The summed E-state index contributed by atoms with van der Waals surface area (Å²) in [7, 11) is 0. The van der Waals surface area contributed by atoms with Crippen LogP contribution in [0.25, 0.3) is 11.4 Å². The van der Waals surface area contributed by atoms with E-state index in [2.05, 4.69) is 29.0 Å². The Morgan fingerprint density at radius 2 is 2.14 bits per heavy atom. The highest BCUT2D eigenvalue weighted by atomic mass is 16.5. The third-order valence-corrected chi connectivity index (χ3v) is 3.58. The summed E-state index contributed by atoms with van der Waals surface area (Å²) < 4.78 is 5.26. The summed E-state index contributed by atoms with van der Waals surface area (Å²) in [5.41, 5.74) is 0.976. The van der Waals surface area contributed by atoms with Crippen molar-refractivity contribution in [2.24, 2.45) is 5.92 Å². The highest BCUT2D eigenvalue weighted by molar-refractivity contribution is 5.53. The van der Waals surface area contributed by atoms with Crippen LogP contribution in [0.2, 0.25) is 0 Å². The van der Waals surface area contributed by atoms with Crippen LogP contribution in [0.1, 0.15) is 32.1 Å². The maximum absolute atomic E-state index is 5.26. The van der Waals surface area contributed by atoms with Gasteiger partial charge in [-0.25, -0.2) is 0 Å². The second-order valence-electron chi connectivity index (χ2n) is 5.14.